The lowest BCUT2D eigenvalue weighted by molar-refractivity contribution is -1.15. The van der Waals surface area contributed by atoms with Crippen molar-refractivity contribution in [3.05, 3.63) is 0 Å². The first-order valence-electron chi connectivity index (χ1n) is 18.0. The molecular formula is C34H75BN2O2+2. The standard InChI is InChI=1S/C34H75BN2O2/c1-8-15-22-23-24-25-26-27-34(35(38)39,36(28-16-9-2,29-17-10-3)30-18-11-4)37(31-19-12-5,32-20-13-6)33-21-14-7/h38-39H,8-33H2,1-7H3/q+2. The maximum Gasteiger partial charge on any atom is 0.598 e. The third-order valence-electron chi connectivity index (χ3n) is 9.84. The molecule has 0 rings (SSSR count). The number of rotatable bonds is 29. The molecule has 4 nitrogen and oxygen atoms in total. The Morgan fingerprint density at radius 3 is 0.897 bits per heavy atom. The van der Waals surface area contributed by atoms with E-state index in [0.717, 1.165) is 61.1 Å². The molecule has 0 aliphatic carbocycles. The molecule has 0 fully saturated rings. The lowest BCUT2D eigenvalue weighted by Gasteiger charge is -2.62. The fourth-order valence-electron chi connectivity index (χ4n) is 7.48. The van der Waals surface area contributed by atoms with Crippen molar-refractivity contribution in [2.75, 3.05) is 39.3 Å². The second kappa shape index (κ2) is 23.5. The Kier molecular flexibility index (Phi) is 23.4. The Hall–Kier alpha value is -0.0951. The first-order valence-corrected chi connectivity index (χ1v) is 18.0. The van der Waals surface area contributed by atoms with Crippen LogP contribution in [0.1, 0.15) is 177 Å². The van der Waals surface area contributed by atoms with Crippen molar-refractivity contribution in [3.63, 3.8) is 0 Å². The third kappa shape index (κ3) is 12.0. The average Bonchev–Trinajstić information content (AvgIpc) is 2.94. The van der Waals surface area contributed by atoms with Gasteiger partial charge in [0, 0.05) is 0 Å². The molecule has 39 heavy (non-hydrogen) atoms. The predicted octanol–water partition coefficient (Wildman–Crippen LogP) is 9.27. The number of nitrogens with zero attached hydrogens (tertiary/aromatic N) is 2. The number of unbranched alkanes of at least 4 members (excludes halogenated alkanes) is 12. The van der Waals surface area contributed by atoms with E-state index in [9.17, 15) is 10.0 Å². The van der Waals surface area contributed by atoms with E-state index in [1.807, 2.05) is 0 Å². The highest BCUT2D eigenvalue weighted by molar-refractivity contribution is 6.44. The van der Waals surface area contributed by atoms with E-state index >= 15 is 0 Å². The van der Waals surface area contributed by atoms with Gasteiger partial charge in [0.05, 0.1) is 45.7 Å². The number of quaternary nitrogens is 2. The minimum atomic E-state index is -1.28. The first kappa shape index (κ1) is 38.9. The van der Waals surface area contributed by atoms with E-state index in [1.165, 1.54) is 116 Å². The summed E-state index contributed by atoms with van der Waals surface area (Å²) in [4.78, 5) is 0. The SMILES string of the molecule is CCCCCCCCCC(B(O)O)([N+](CCCC)(CCCC)CCCC)[N+](CCCC)(CCCC)CCCC. The minimum absolute atomic E-state index is 0.539. The molecule has 0 aromatic rings. The van der Waals surface area contributed by atoms with Gasteiger partial charge in [-0.25, -0.2) is 0 Å². The van der Waals surface area contributed by atoms with Gasteiger partial charge in [0.2, 0.25) is 0 Å². The molecule has 0 radical (unpaired) electrons. The van der Waals surface area contributed by atoms with Crippen molar-refractivity contribution in [3.8, 4) is 0 Å². The molecule has 0 bridgehead atoms. The van der Waals surface area contributed by atoms with Crippen molar-refractivity contribution in [2.45, 2.75) is 182 Å². The molecule has 0 aliphatic heterocycles. The van der Waals surface area contributed by atoms with Crippen LogP contribution in [0.5, 0.6) is 0 Å². The smallest absolute Gasteiger partial charge is 0.417 e. The van der Waals surface area contributed by atoms with Crippen molar-refractivity contribution in [1.29, 1.82) is 0 Å². The van der Waals surface area contributed by atoms with Crippen LogP contribution in [0.2, 0.25) is 0 Å². The Morgan fingerprint density at radius 2 is 0.641 bits per heavy atom. The summed E-state index contributed by atoms with van der Waals surface area (Å²) in [5.74, 6) is 0. The molecule has 0 aromatic carbocycles. The molecule has 0 aliphatic rings. The second-order valence-corrected chi connectivity index (χ2v) is 12.9. The molecule has 5 heteroatoms. The Balaban J connectivity index is 7.08. The van der Waals surface area contributed by atoms with Crippen LogP contribution in [0.15, 0.2) is 0 Å². The summed E-state index contributed by atoms with van der Waals surface area (Å²) >= 11 is 0. The molecule has 0 amide bonds. The van der Waals surface area contributed by atoms with Gasteiger partial charge in [-0.05, 0) is 44.9 Å². The van der Waals surface area contributed by atoms with Crippen molar-refractivity contribution >= 4 is 7.12 Å². The second-order valence-electron chi connectivity index (χ2n) is 12.9. The van der Waals surface area contributed by atoms with Crippen LogP contribution < -0.4 is 0 Å². The number of hydrogen-bond acceptors (Lipinski definition) is 2. The highest BCUT2D eigenvalue weighted by Crippen LogP contribution is 2.44. The third-order valence-corrected chi connectivity index (χ3v) is 9.84. The van der Waals surface area contributed by atoms with Crippen molar-refractivity contribution in [2.24, 2.45) is 0 Å². The van der Waals surface area contributed by atoms with Gasteiger partial charge in [-0.2, -0.15) is 0 Å². The van der Waals surface area contributed by atoms with Crippen LogP contribution in [0, 0.1) is 0 Å². The zero-order valence-electron chi connectivity index (χ0n) is 28.3. The maximum absolute atomic E-state index is 11.9. The van der Waals surface area contributed by atoms with E-state index in [1.54, 1.807) is 0 Å². The van der Waals surface area contributed by atoms with Crippen molar-refractivity contribution < 1.29 is 19.0 Å². The Labute approximate surface area is 247 Å². The van der Waals surface area contributed by atoms with Crippen LogP contribution in [0.3, 0.4) is 0 Å². The molecular weight excluding hydrogens is 479 g/mol. The fraction of sp³-hybridized carbons (Fsp3) is 1.00. The average molecular weight is 555 g/mol. The molecule has 0 spiro atoms. The van der Waals surface area contributed by atoms with Crippen LogP contribution >= 0.6 is 0 Å². The summed E-state index contributed by atoms with van der Waals surface area (Å²) in [6.45, 7) is 22.7. The van der Waals surface area contributed by atoms with E-state index in [0.29, 0.717) is 0 Å². The molecule has 2 N–H and O–H groups in total. The summed E-state index contributed by atoms with van der Waals surface area (Å²) in [6, 6.07) is 0. The Morgan fingerprint density at radius 1 is 0.385 bits per heavy atom. The van der Waals surface area contributed by atoms with Gasteiger partial charge >= 0.3 is 7.12 Å². The highest BCUT2D eigenvalue weighted by Gasteiger charge is 2.69. The number of hydrogen-bond donors (Lipinski definition) is 2. The zero-order chi connectivity index (χ0) is 29.5. The summed E-state index contributed by atoms with van der Waals surface area (Å²) in [7, 11) is -1.28. The van der Waals surface area contributed by atoms with E-state index < -0.39 is 12.7 Å². The lowest BCUT2D eigenvalue weighted by atomic mass is 9.62. The minimum Gasteiger partial charge on any atom is -0.417 e. The first-order chi connectivity index (χ1) is 18.9. The van der Waals surface area contributed by atoms with Crippen LogP contribution in [-0.4, -0.2) is 71.0 Å². The van der Waals surface area contributed by atoms with E-state index in [-0.39, 0.29) is 0 Å². The largest absolute Gasteiger partial charge is 0.598 e. The van der Waals surface area contributed by atoms with Gasteiger partial charge in [-0.1, -0.05) is 126 Å². The maximum atomic E-state index is 11.9. The van der Waals surface area contributed by atoms with Gasteiger partial charge < -0.3 is 10.0 Å². The van der Waals surface area contributed by atoms with Crippen LogP contribution in [0.25, 0.3) is 0 Å². The molecule has 234 valence electrons. The quantitative estimate of drug-likeness (QED) is 0.0419. The molecule has 0 atom stereocenters. The van der Waals surface area contributed by atoms with Gasteiger partial charge in [-0.3, -0.25) is 8.97 Å². The summed E-state index contributed by atoms with van der Waals surface area (Å²) in [5, 5.41) is 23.9. The molecule has 0 heterocycles. The lowest BCUT2D eigenvalue weighted by Crippen LogP contribution is -2.85. The van der Waals surface area contributed by atoms with Crippen LogP contribution in [-0.2, 0) is 0 Å². The normalized spacial score (nSPS) is 12.8. The zero-order valence-corrected chi connectivity index (χ0v) is 28.3. The topological polar surface area (TPSA) is 40.5 Å². The summed E-state index contributed by atoms with van der Waals surface area (Å²) in [6.07, 6.45) is 24.0. The van der Waals surface area contributed by atoms with Gasteiger partial charge in [0.15, 0.2) is 0 Å². The van der Waals surface area contributed by atoms with Gasteiger partial charge in [0.1, 0.15) is 0 Å². The van der Waals surface area contributed by atoms with E-state index in [4.69, 9.17) is 0 Å². The van der Waals surface area contributed by atoms with Gasteiger partial charge in [-0.15, -0.1) is 0 Å². The Bertz CT molecular complexity index is 468. The monoisotopic (exact) mass is 555 g/mol. The predicted molar refractivity (Wildman–Crippen MR) is 175 cm³/mol. The fourth-order valence-corrected chi connectivity index (χ4v) is 7.48. The highest BCUT2D eigenvalue weighted by atomic mass is 16.4. The molecule has 0 saturated heterocycles. The summed E-state index contributed by atoms with van der Waals surface area (Å²) < 4.78 is 1.85. The van der Waals surface area contributed by atoms with E-state index in [2.05, 4.69) is 48.5 Å². The molecule has 0 saturated carbocycles. The van der Waals surface area contributed by atoms with Crippen molar-refractivity contribution in [1.82, 2.24) is 0 Å². The summed E-state index contributed by atoms with van der Waals surface area (Å²) in [5.41, 5.74) is -0.539. The molecule has 0 unspecified atom stereocenters. The van der Waals surface area contributed by atoms with Crippen LogP contribution in [0.4, 0.5) is 0 Å². The molecule has 0 aromatic heterocycles. The van der Waals surface area contributed by atoms with Gasteiger partial charge in [0.25, 0.3) is 5.56 Å².